The summed E-state index contributed by atoms with van der Waals surface area (Å²) >= 11 is 1.98. The van der Waals surface area contributed by atoms with Crippen molar-refractivity contribution in [3.8, 4) is 44.8 Å². The summed E-state index contributed by atoms with van der Waals surface area (Å²) in [4.78, 5) is 2.75. The molecule has 0 saturated carbocycles. The standard InChI is InChI=1S/C65H57BN2OS/c1-35-25-46-42-30-57-45(44-27-50-51(32-58(44)70-57)64(7,8)24-23-63(50,5)6)29-54(42)68(38-21-19-37(20-22-38)62(2,3)4)66-52-31-49-41(40-17-13-14-18-48(40)65(49,9)10)28-55(52)67-53-33-56-43(26-47(53)59(35)61(67)60(46)66)39-16-12-11-15-36(39)34-69-56/h11-22,25-33H,23-24,34H2,1-10H3. The van der Waals surface area contributed by atoms with Crippen molar-refractivity contribution in [2.75, 3.05) is 4.81 Å². The zero-order valence-electron chi connectivity index (χ0n) is 42.0. The summed E-state index contributed by atoms with van der Waals surface area (Å²) in [5.41, 5.74) is 26.7. The van der Waals surface area contributed by atoms with Gasteiger partial charge < -0.3 is 14.1 Å². The lowest BCUT2D eigenvalue weighted by Crippen LogP contribution is -2.60. The van der Waals surface area contributed by atoms with E-state index in [2.05, 4.69) is 206 Å². The van der Waals surface area contributed by atoms with Gasteiger partial charge >= 0.3 is 6.85 Å². The number of benzene rings is 8. The molecule has 2 aliphatic carbocycles. The number of rotatable bonds is 1. The minimum absolute atomic E-state index is 0.0285. The van der Waals surface area contributed by atoms with E-state index in [-0.39, 0.29) is 28.5 Å². The molecule has 0 bridgehead atoms. The molecule has 2 aromatic heterocycles. The minimum atomic E-state index is -0.166. The maximum Gasteiger partial charge on any atom is 0.333 e. The zero-order chi connectivity index (χ0) is 47.7. The van der Waals surface area contributed by atoms with Gasteiger partial charge in [0.25, 0.3) is 0 Å². The van der Waals surface area contributed by atoms with Gasteiger partial charge in [0.2, 0.25) is 0 Å². The summed E-state index contributed by atoms with van der Waals surface area (Å²) in [7, 11) is 0. The van der Waals surface area contributed by atoms with Gasteiger partial charge in [0.15, 0.2) is 0 Å². The molecule has 70 heavy (non-hydrogen) atoms. The zero-order valence-corrected chi connectivity index (χ0v) is 42.9. The predicted molar refractivity (Wildman–Crippen MR) is 299 cm³/mol. The van der Waals surface area contributed by atoms with Crippen molar-refractivity contribution < 1.29 is 4.74 Å². The molecule has 0 unspecified atom stereocenters. The fraction of sp³-hybridized carbons (Fsp3) is 0.262. The van der Waals surface area contributed by atoms with Crippen molar-refractivity contribution in [3.05, 3.63) is 166 Å². The smallest absolute Gasteiger partial charge is 0.333 e. The minimum Gasteiger partial charge on any atom is -0.488 e. The van der Waals surface area contributed by atoms with Gasteiger partial charge in [0.1, 0.15) is 12.4 Å². The molecule has 15 rings (SSSR count). The molecule has 8 aromatic carbocycles. The number of aryl methyl sites for hydroxylation is 1. The van der Waals surface area contributed by atoms with Crippen LogP contribution in [0.3, 0.4) is 0 Å². The highest BCUT2D eigenvalue weighted by Crippen LogP contribution is 2.55. The van der Waals surface area contributed by atoms with E-state index in [0.29, 0.717) is 6.61 Å². The van der Waals surface area contributed by atoms with Crippen molar-refractivity contribution in [3.63, 3.8) is 0 Å². The Morgan fingerprint density at radius 1 is 0.586 bits per heavy atom. The molecule has 0 spiro atoms. The molecule has 342 valence electrons. The number of thiophene rings is 1. The highest BCUT2D eigenvalue weighted by atomic mass is 32.1. The Kier molecular flexibility index (Phi) is 7.80. The van der Waals surface area contributed by atoms with Crippen molar-refractivity contribution >= 4 is 82.5 Å². The van der Waals surface area contributed by atoms with Gasteiger partial charge in [-0.25, -0.2) is 0 Å². The van der Waals surface area contributed by atoms with E-state index in [0.717, 1.165) is 5.75 Å². The molecule has 0 N–H and O–H groups in total. The number of aromatic nitrogens is 1. The molecular weight excluding hydrogens is 868 g/mol. The van der Waals surface area contributed by atoms with Crippen LogP contribution in [-0.2, 0) is 28.3 Å². The van der Waals surface area contributed by atoms with Crippen LogP contribution in [0.1, 0.15) is 114 Å². The molecule has 5 aliphatic rings. The van der Waals surface area contributed by atoms with Crippen LogP contribution in [0, 0.1) is 6.92 Å². The molecule has 0 atom stereocenters. The topological polar surface area (TPSA) is 17.4 Å². The molecule has 3 aliphatic heterocycles. The van der Waals surface area contributed by atoms with E-state index in [1.54, 1.807) is 0 Å². The normalized spacial score (nSPS) is 17.2. The average Bonchev–Trinajstić information content (AvgIpc) is 3.95. The van der Waals surface area contributed by atoms with Crippen molar-refractivity contribution in [2.45, 2.75) is 110 Å². The Morgan fingerprint density at radius 2 is 1.29 bits per heavy atom. The summed E-state index contributed by atoms with van der Waals surface area (Å²) in [6, 6.07) is 50.4. The van der Waals surface area contributed by atoms with Crippen molar-refractivity contribution in [2.24, 2.45) is 0 Å². The van der Waals surface area contributed by atoms with Gasteiger partial charge in [-0.2, -0.15) is 0 Å². The molecule has 3 nitrogen and oxygen atoms in total. The molecule has 5 heterocycles. The number of hydrogen-bond donors (Lipinski definition) is 0. The Hall–Kier alpha value is -6.56. The number of fused-ring (bicyclic) bond motifs is 18. The maximum absolute atomic E-state index is 6.70. The first-order valence-corrected chi connectivity index (χ1v) is 26.4. The second kappa shape index (κ2) is 13.2. The highest BCUT2D eigenvalue weighted by molar-refractivity contribution is 7.25. The first-order valence-electron chi connectivity index (χ1n) is 25.6. The maximum atomic E-state index is 6.70. The number of hydrogen-bond acceptors (Lipinski definition) is 3. The summed E-state index contributed by atoms with van der Waals surface area (Å²) in [5.74, 6) is 0.958. The third-order valence-electron chi connectivity index (χ3n) is 18.0. The third kappa shape index (κ3) is 5.22. The van der Waals surface area contributed by atoms with E-state index >= 15 is 0 Å². The first kappa shape index (κ1) is 41.2. The quantitative estimate of drug-likeness (QED) is 0.153. The largest absolute Gasteiger partial charge is 0.488 e. The van der Waals surface area contributed by atoms with Crippen LogP contribution in [-0.4, -0.2) is 11.4 Å². The van der Waals surface area contributed by atoms with Gasteiger partial charge in [-0.1, -0.05) is 135 Å². The summed E-state index contributed by atoms with van der Waals surface area (Å²) in [5, 5.41) is 5.37. The Labute approximate surface area is 415 Å². The van der Waals surface area contributed by atoms with Gasteiger partial charge in [0, 0.05) is 70.6 Å². The molecular formula is C65H57BN2OS. The molecule has 5 heteroatoms. The van der Waals surface area contributed by atoms with Crippen LogP contribution in [0.2, 0.25) is 0 Å². The lowest BCUT2D eigenvalue weighted by atomic mass is 9.43. The number of nitrogens with zero attached hydrogens (tertiary/aromatic N) is 2. The highest BCUT2D eigenvalue weighted by Gasteiger charge is 2.47. The van der Waals surface area contributed by atoms with E-state index < -0.39 is 0 Å². The molecule has 10 aromatic rings. The van der Waals surface area contributed by atoms with E-state index in [1.807, 2.05) is 11.3 Å². The average molecular weight is 925 g/mol. The second-order valence-corrected chi connectivity index (χ2v) is 25.4. The van der Waals surface area contributed by atoms with E-state index in [4.69, 9.17) is 4.74 Å². The second-order valence-electron chi connectivity index (χ2n) is 24.4. The summed E-state index contributed by atoms with van der Waals surface area (Å²) in [6.07, 6.45) is 2.41. The monoisotopic (exact) mass is 924 g/mol. The summed E-state index contributed by atoms with van der Waals surface area (Å²) in [6.45, 7) is 24.5. The van der Waals surface area contributed by atoms with Crippen molar-refractivity contribution in [1.82, 2.24) is 4.57 Å². The van der Waals surface area contributed by atoms with E-state index in [1.165, 1.54) is 155 Å². The predicted octanol–water partition coefficient (Wildman–Crippen LogP) is 16.2. The number of ether oxygens (including phenoxy) is 1. The van der Waals surface area contributed by atoms with Gasteiger partial charge in [-0.15, -0.1) is 11.3 Å². The third-order valence-corrected chi connectivity index (χ3v) is 19.1. The fourth-order valence-corrected chi connectivity index (χ4v) is 15.2. The summed E-state index contributed by atoms with van der Waals surface area (Å²) < 4.78 is 12.1. The van der Waals surface area contributed by atoms with Crippen LogP contribution in [0.5, 0.6) is 5.75 Å². The fourth-order valence-electron chi connectivity index (χ4n) is 14.0. The van der Waals surface area contributed by atoms with Crippen molar-refractivity contribution in [1.29, 1.82) is 0 Å². The molecule has 0 radical (unpaired) electrons. The molecule has 0 saturated heterocycles. The lowest BCUT2D eigenvalue weighted by Gasteiger charge is -2.43. The van der Waals surface area contributed by atoms with Gasteiger partial charge in [-0.3, -0.25) is 0 Å². The SMILES string of the molecule is Cc1cc2c3c4c1c1cc5c(cc1n4-c1cc4c(cc1B3N(c1ccc(C(C)(C)C)cc1)c1cc3c(cc1-2)sc1cc2c(cc13)C(C)(C)CCC2(C)C)C(C)(C)c1ccccc1-4)OCc1ccccc1-5. The van der Waals surface area contributed by atoms with Crippen LogP contribution >= 0.6 is 11.3 Å². The number of anilines is 2. The first-order chi connectivity index (χ1) is 33.5. The van der Waals surface area contributed by atoms with Crippen LogP contribution < -0.4 is 20.5 Å². The Balaban J connectivity index is 1.10. The Morgan fingerprint density at radius 3 is 2.06 bits per heavy atom. The van der Waals surface area contributed by atoms with E-state index in [9.17, 15) is 0 Å². The van der Waals surface area contributed by atoms with Gasteiger partial charge in [0.05, 0.1) is 11.0 Å². The van der Waals surface area contributed by atoms with Crippen LogP contribution in [0.25, 0.3) is 81.0 Å². The molecule has 0 fully saturated rings. The molecule has 0 amide bonds. The van der Waals surface area contributed by atoms with Crippen LogP contribution in [0.15, 0.2) is 127 Å². The Bertz CT molecular complexity index is 4040. The van der Waals surface area contributed by atoms with Crippen LogP contribution in [0.4, 0.5) is 11.4 Å². The van der Waals surface area contributed by atoms with Gasteiger partial charge in [-0.05, 0) is 157 Å². The lowest BCUT2D eigenvalue weighted by molar-refractivity contribution is 0.302.